The Hall–Kier alpha value is -1.14. The largest absolute Gasteiger partial charge is 0.368 e. The lowest BCUT2D eigenvalue weighted by atomic mass is 10.2. The van der Waals surface area contributed by atoms with Gasteiger partial charge in [-0.1, -0.05) is 0 Å². The smallest absolute Gasteiger partial charge is 0.236 e. The average Bonchev–Trinajstić information content (AvgIpc) is 3.10. The van der Waals surface area contributed by atoms with Crippen molar-refractivity contribution in [3.8, 4) is 0 Å². The van der Waals surface area contributed by atoms with Gasteiger partial charge in [-0.05, 0) is 18.8 Å². The van der Waals surface area contributed by atoms with Gasteiger partial charge in [0.15, 0.2) is 0 Å². The summed E-state index contributed by atoms with van der Waals surface area (Å²) in [6.07, 6.45) is 2.44. The Kier molecular flexibility index (Phi) is 3.96. The molecular weight excluding hydrogens is 220 g/mol. The maximum Gasteiger partial charge on any atom is 0.236 e. The quantitative estimate of drug-likeness (QED) is 0.533. The summed E-state index contributed by atoms with van der Waals surface area (Å²) in [6, 6.07) is -0.365. The molecular formula is C11H20N4O2. The number of hydrogen-bond donors (Lipinski definition) is 3. The van der Waals surface area contributed by atoms with Crippen molar-refractivity contribution in [2.45, 2.75) is 18.9 Å². The minimum Gasteiger partial charge on any atom is -0.368 e. The minimum absolute atomic E-state index is 0.00921. The van der Waals surface area contributed by atoms with Gasteiger partial charge in [-0.25, -0.2) is 0 Å². The number of amides is 2. The number of rotatable bonds is 5. The van der Waals surface area contributed by atoms with Gasteiger partial charge in [0.05, 0.1) is 6.54 Å². The average molecular weight is 240 g/mol. The third kappa shape index (κ3) is 3.67. The highest BCUT2D eigenvalue weighted by atomic mass is 16.2. The summed E-state index contributed by atoms with van der Waals surface area (Å²) >= 11 is 0. The van der Waals surface area contributed by atoms with Crippen LogP contribution in [0.3, 0.4) is 0 Å². The second-order valence-electron chi connectivity index (χ2n) is 4.84. The molecule has 1 saturated heterocycles. The highest BCUT2D eigenvalue weighted by molar-refractivity contribution is 5.82. The lowest BCUT2D eigenvalue weighted by Gasteiger charge is -2.33. The van der Waals surface area contributed by atoms with Crippen LogP contribution in [0.5, 0.6) is 0 Å². The molecule has 0 aromatic rings. The lowest BCUT2D eigenvalue weighted by Crippen LogP contribution is -2.58. The molecule has 1 aliphatic carbocycles. The molecule has 2 amide bonds. The first-order valence-corrected chi connectivity index (χ1v) is 6.17. The Bertz CT molecular complexity index is 304. The monoisotopic (exact) mass is 240 g/mol. The SMILES string of the molecule is NC(=O)C1CNCCN1CC(=O)NCC1CC1. The molecule has 4 N–H and O–H groups in total. The Morgan fingerprint density at radius 2 is 2.18 bits per heavy atom. The van der Waals surface area contributed by atoms with Gasteiger partial charge >= 0.3 is 0 Å². The van der Waals surface area contributed by atoms with Crippen LogP contribution >= 0.6 is 0 Å². The first kappa shape index (κ1) is 12.3. The summed E-state index contributed by atoms with van der Waals surface area (Å²) in [5.74, 6) is 0.297. The topological polar surface area (TPSA) is 87.5 Å². The van der Waals surface area contributed by atoms with Crippen LogP contribution < -0.4 is 16.4 Å². The summed E-state index contributed by atoms with van der Waals surface area (Å²) in [5.41, 5.74) is 5.31. The van der Waals surface area contributed by atoms with Crippen LogP contribution in [0.2, 0.25) is 0 Å². The van der Waals surface area contributed by atoms with Crippen LogP contribution in [0, 0.1) is 5.92 Å². The molecule has 2 rings (SSSR count). The van der Waals surface area contributed by atoms with Crippen molar-refractivity contribution in [1.82, 2.24) is 15.5 Å². The molecule has 6 nitrogen and oxygen atoms in total. The van der Waals surface area contributed by atoms with E-state index in [1.54, 1.807) is 0 Å². The number of nitrogens with two attached hydrogens (primary N) is 1. The number of hydrogen-bond acceptors (Lipinski definition) is 4. The second kappa shape index (κ2) is 5.46. The fourth-order valence-electron chi connectivity index (χ4n) is 2.04. The summed E-state index contributed by atoms with van der Waals surface area (Å²) in [7, 11) is 0. The zero-order valence-electron chi connectivity index (χ0n) is 9.95. The standard InChI is InChI=1S/C11H20N4O2/c12-11(17)9-6-13-3-4-15(9)7-10(16)14-5-8-1-2-8/h8-9,13H,1-7H2,(H2,12,17)(H,14,16). The predicted molar refractivity (Wildman–Crippen MR) is 63.2 cm³/mol. The van der Waals surface area contributed by atoms with Crippen LogP contribution in [0.1, 0.15) is 12.8 Å². The molecule has 96 valence electrons. The van der Waals surface area contributed by atoms with Crippen molar-refractivity contribution >= 4 is 11.8 Å². The molecule has 1 unspecified atom stereocenters. The van der Waals surface area contributed by atoms with E-state index in [4.69, 9.17) is 5.73 Å². The van der Waals surface area contributed by atoms with Crippen LogP contribution in [0.4, 0.5) is 0 Å². The van der Waals surface area contributed by atoms with E-state index in [1.165, 1.54) is 12.8 Å². The third-order valence-corrected chi connectivity index (χ3v) is 3.31. The first-order chi connectivity index (χ1) is 8.16. The van der Waals surface area contributed by atoms with Crippen molar-refractivity contribution < 1.29 is 9.59 Å². The van der Waals surface area contributed by atoms with E-state index < -0.39 is 0 Å². The maximum absolute atomic E-state index is 11.7. The summed E-state index contributed by atoms with van der Waals surface area (Å²) in [5, 5.41) is 6.00. The Labute approximate surface area is 101 Å². The van der Waals surface area contributed by atoms with Crippen molar-refractivity contribution in [3.63, 3.8) is 0 Å². The molecule has 6 heteroatoms. The van der Waals surface area contributed by atoms with Gasteiger partial charge in [-0.15, -0.1) is 0 Å². The number of nitrogens with zero attached hydrogens (tertiary/aromatic N) is 1. The fourth-order valence-corrected chi connectivity index (χ4v) is 2.04. The molecule has 2 fully saturated rings. The van der Waals surface area contributed by atoms with Gasteiger partial charge < -0.3 is 16.4 Å². The highest BCUT2D eigenvalue weighted by Gasteiger charge is 2.28. The molecule has 0 radical (unpaired) electrons. The Morgan fingerprint density at radius 1 is 1.41 bits per heavy atom. The molecule has 0 spiro atoms. The van der Waals surface area contributed by atoms with Crippen molar-refractivity contribution in [2.24, 2.45) is 11.7 Å². The van der Waals surface area contributed by atoms with Crippen molar-refractivity contribution in [1.29, 1.82) is 0 Å². The van der Waals surface area contributed by atoms with E-state index in [0.29, 0.717) is 19.0 Å². The van der Waals surface area contributed by atoms with E-state index in [0.717, 1.165) is 13.1 Å². The summed E-state index contributed by atoms with van der Waals surface area (Å²) in [4.78, 5) is 24.8. The summed E-state index contributed by atoms with van der Waals surface area (Å²) < 4.78 is 0. The zero-order valence-corrected chi connectivity index (χ0v) is 9.95. The first-order valence-electron chi connectivity index (χ1n) is 6.17. The Morgan fingerprint density at radius 3 is 2.82 bits per heavy atom. The molecule has 1 aliphatic heterocycles. The molecule has 0 aromatic carbocycles. The van der Waals surface area contributed by atoms with E-state index in [-0.39, 0.29) is 24.4 Å². The zero-order chi connectivity index (χ0) is 12.3. The van der Waals surface area contributed by atoms with Gasteiger partial charge in [0.25, 0.3) is 0 Å². The molecule has 1 heterocycles. The second-order valence-corrected chi connectivity index (χ2v) is 4.84. The van der Waals surface area contributed by atoms with Crippen molar-refractivity contribution in [2.75, 3.05) is 32.7 Å². The molecule has 1 saturated carbocycles. The number of piperazine rings is 1. The molecule has 17 heavy (non-hydrogen) atoms. The number of nitrogens with one attached hydrogen (secondary N) is 2. The molecule has 1 atom stereocenters. The summed E-state index contributed by atoms with van der Waals surface area (Å²) in [6.45, 7) is 3.05. The van der Waals surface area contributed by atoms with Crippen molar-refractivity contribution in [3.05, 3.63) is 0 Å². The van der Waals surface area contributed by atoms with E-state index >= 15 is 0 Å². The molecule has 0 aromatic heterocycles. The van der Waals surface area contributed by atoms with Crippen LogP contribution in [-0.4, -0.2) is 55.5 Å². The van der Waals surface area contributed by atoms with Gasteiger partial charge in [-0.3, -0.25) is 14.5 Å². The fraction of sp³-hybridized carbons (Fsp3) is 0.818. The number of primary amides is 1. The predicted octanol–water partition coefficient (Wildman–Crippen LogP) is -1.73. The molecule has 2 aliphatic rings. The Balaban J connectivity index is 1.77. The number of carbonyl (C=O) groups excluding carboxylic acids is 2. The van der Waals surface area contributed by atoms with E-state index in [2.05, 4.69) is 10.6 Å². The third-order valence-electron chi connectivity index (χ3n) is 3.31. The van der Waals surface area contributed by atoms with Gasteiger partial charge in [0.2, 0.25) is 11.8 Å². The highest BCUT2D eigenvalue weighted by Crippen LogP contribution is 2.27. The van der Waals surface area contributed by atoms with Crippen LogP contribution in [0.25, 0.3) is 0 Å². The number of carbonyl (C=O) groups is 2. The lowest BCUT2D eigenvalue weighted by molar-refractivity contribution is -0.127. The van der Waals surface area contributed by atoms with Crippen LogP contribution in [0.15, 0.2) is 0 Å². The molecule has 0 bridgehead atoms. The van der Waals surface area contributed by atoms with E-state index in [1.807, 2.05) is 4.90 Å². The van der Waals surface area contributed by atoms with Crippen LogP contribution in [-0.2, 0) is 9.59 Å². The van der Waals surface area contributed by atoms with Gasteiger partial charge in [-0.2, -0.15) is 0 Å². The maximum atomic E-state index is 11.7. The van der Waals surface area contributed by atoms with Gasteiger partial charge in [0.1, 0.15) is 6.04 Å². The van der Waals surface area contributed by atoms with Gasteiger partial charge in [0, 0.05) is 26.2 Å². The minimum atomic E-state index is -0.368. The normalized spacial score (nSPS) is 25.5. The van der Waals surface area contributed by atoms with E-state index in [9.17, 15) is 9.59 Å².